The molecule has 1 atom stereocenters. The summed E-state index contributed by atoms with van der Waals surface area (Å²) in [5.74, 6) is 0.994. The first-order valence-corrected chi connectivity index (χ1v) is 6.00. The van der Waals surface area contributed by atoms with Crippen molar-refractivity contribution in [1.82, 2.24) is 5.32 Å². The van der Waals surface area contributed by atoms with Crippen LogP contribution in [0.4, 0.5) is 0 Å². The Labute approximate surface area is 83.3 Å². The van der Waals surface area contributed by atoms with Gasteiger partial charge in [-0.3, -0.25) is 0 Å². The van der Waals surface area contributed by atoms with Crippen molar-refractivity contribution in [2.24, 2.45) is 5.92 Å². The van der Waals surface area contributed by atoms with Gasteiger partial charge in [0, 0.05) is 12.1 Å². The highest BCUT2D eigenvalue weighted by Crippen LogP contribution is 2.31. The molecule has 1 unspecified atom stereocenters. The van der Waals surface area contributed by atoms with Crippen LogP contribution in [-0.2, 0) is 0 Å². The van der Waals surface area contributed by atoms with Crippen molar-refractivity contribution in [3.05, 3.63) is 0 Å². The lowest BCUT2D eigenvalue weighted by Crippen LogP contribution is -2.42. The van der Waals surface area contributed by atoms with Gasteiger partial charge in [-0.15, -0.1) is 0 Å². The number of hydrogen-bond donors (Lipinski definition) is 1. The summed E-state index contributed by atoms with van der Waals surface area (Å²) in [6.45, 7) is 6.81. The Hall–Kier alpha value is -0.0400. The Balaban J connectivity index is 2.24. The molecule has 1 aliphatic carbocycles. The Morgan fingerprint density at radius 3 is 2.38 bits per heavy atom. The van der Waals surface area contributed by atoms with Crippen LogP contribution >= 0.6 is 0 Å². The van der Waals surface area contributed by atoms with Gasteiger partial charge >= 0.3 is 0 Å². The highest BCUT2D eigenvalue weighted by atomic mass is 14.9. The van der Waals surface area contributed by atoms with Gasteiger partial charge in [-0.25, -0.2) is 0 Å². The van der Waals surface area contributed by atoms with E-state index in [0.29, 0.717) is 6.04 Å². The van der Waals surface area contributed by atoms with E-state index in [2.05, 4.69) is 26.1 Å². The molecule has 1 saturated carbocycles. The molecule has 0 aromatic carbocycles. The Morgan fingerprint density at radius 2 is 2.00 bits per heavy atom. The van der Waals surface area contributed by atoms with Crippen LogP contribution in [0.25, 0.3) is 0 Å². The average molecular weight is 183 g/mol. The molecule has 0 spiro atoms. The minimum Gasteiger partial charge on any atom is -0.312 e. The van der Waals surface area contributed by atoms with Crippen LogP contribution in [-0.4, -0.2) is 12.1 Å². The van der Waals surface area contributed by atoms with E-state index in [4.69, 9.17) is 0 Å². The summed E-state index contributed by atoms with van der Waals surface area (Å²) in [5, 5.41) is 3.72. The van der Waals surface area contributed by atoms with E-state index in [1.54, 1.807) is 0 Å². The first kappa shape index (κ1) is 11.0. The minimum atomic E-state index is 0.655. The van der Waals surface area contributed by atoms with E-state index >= 15 is 0 Å². The molecule has 0 aromatic rings. The van der Waals surface area contributed by atoms with Gasteiger partial charge in [-0.2, -0.15) is 0 Å². The van der Waals surface area contributed by atoms with Gasteiger partial charge in [0.1, 0.15) is 0 Å². The largest absolute Gasteiger partial charge is 0.312 e. The van der Waals surface area contributed by atoms with Crippen molar-refractivity contribution < 1.29 is 0 Å². The molecule has 1 aliphatic rings. The van der Waals surface area contributed by atoms with Crippen molar-refractivity contribution in [2.45, 2.75) is 71.4 Å². The average Bonchev–Trinajstić information content (AvgIpc) is 1.95. The van der Waals surface area contributed by atoms with E-state index in [1.165, 1.54) is 38.5 Å². The summed E-state index contributed by atoms with van der Waals surface area (Å²) < 4.78 is 0. The van der Waals surface area contributed by atoms with Crippen LogP contribution in [0.15, 0.2) is 0 Å². The maximum Gasteiger partial charge on any atom is 0.00976 e. The fourth-order valence-corrected chi connectivity index (χ4v) is 2.15. The number of nitrogens with one attached hydrogen (secondary N) is 1. The van der Waals surface area contributed by atoms with Gasteiger partial charge < -0.3 is 5.32 Å². The lowest BCUT2D eigenvalue weighted by Gasteiger charge is -2.35. The highest BCUT2D eigenvalue weighted by Gasteiger charge is 2.26. The fourth-order valence-electron chi connectivity index (χ4n) is 2.15. The second-order valence-corrected chi connectivity index (χ2v) is 4.76. The molecule has 0 radical (unpaired) electrons. The third kappa shape index (κ3) is 3.68. The number of unbranched alkanes of at least 4 members (excludes halogenated alkanes) is 1. The first-order chi connectivity index (χ1) is 6.24. The monoisotopic (exact) mass is 183 g/mol. The Kier molecular flexibility index (Phi) is 4.79. The molecular formula is C12H25N. The molecule has 1 rings (SSSR count). The molecule has 0 saturated heterocycles. The normalized spacial score (nSPS) is 20.3. The second-order valence-electron chi connectivity index (χ2n) is 4.76. The van der Waals surface area contributed by atoms with Gasteiger partial charge in [-0.1, -0.05) is 40.0 Å². The lowest BCUT2D eigenvalue weighted by molar-refractivity contribution is 0.207. The standard InChI is InChI=1S/C12H25N/c1-4-5-9-12(13-10(2)3)11-7-6-8-11/h10-13H,4-9H2,1-3H3. The minimum absolute atomic E-state index is 0.655. The van der Waals surface area contributed by atoms with Crippen molar-refractivity contribution in [3.63, 3.8) is 0 Å². The summed E-state index contributed by atoms with van der Waals surface area (Å²) >= 11 is 0. The molecule has 0 aromatic heterocycles. The molecule has 13 heavy (non-hydrogen) atoms. The SMILES string of the molecule is CCCCC(NC(C)C)C1CCC1. The van der Waals surface area contributed by atoms with Gasteiger partial charge in [-0.05, 0) is 25.2 Å². The van der Waals surface area contributed by atoms with Gasteiger partial charge in [0.05, 0.1) is 0 Å². The molecule has 0 heterocycles. The predicted octanol–water partition coefficient (Wildman–Crippen LogP) is 3.34. The summed E-state index contributed by atoms with van der Waals surface area (Å²) in [7, 11) is 0. The highest BCUT2D eigenvalue weighted by molar-refractivity contribution is 4.83. The van der Waals surface area contributed by atoms with Gasteiger partial charge in [0.15, 0.2) is 0 Å². The topological polar surface area (TPSA) is 12.0 Å². The summed E-state index contributed by atoms with van der Waals surface area (Å²) in [6.07, 6.45) is 8.51. The molecule has 0 aliphatic heterocycles. The molecule has 1 N–H and O–H groups in total. The van der Waals surface area contributed by atoms with E-state index < -0.39 is 0 Å². The van der Waals surface area contributed by atoms with Crippen molar-refractivity contribution >= 4 is 0 Å². The molecule has 1 fully saturated rings. The second kappa shape index (κ2) is 5.64. The zero-order valence-electron chi connectivity index (χ0n) is 9.47. The molecule has 0 amide bonds. The van der Waals surface area contributed by atoms with Gasteiger partial charge in [0.2, 0.25) is 0 Å². The van der Waals surface area contributed by atoms with Crippen LogP contribution in [0.5, 0.6) is 0 Å². The van der Waals surface area contributed by atoms with Crippen molar-refractivity contribution in [2.75, 3.05) is 0 Å². The molecule has 0 bridgehead atoms. The maximum atomic E-state index is 3.72. The third-order valence-corrected chi connectivity index (χ3v) is 3.13. The summed E-state index contributed by atoms with van der Waals surface area (Å²) in [5.41, 5.74) is 0. The zero-order chi connectivity index (χ0) is 9.68. The van der Waals surface area contributed by atoms with Crippen LogP contribution < -0.4 is 5.32 Å². The van der Waals surface area contributed by atoms with Gasteiger partial charge in [0.25, 0.3) is 0 Å². The van der Waals surface area contributed by atoms with Crippen LogP contribution in [0.1, 0.15) is 59.3 Å². The molecular weight excluding hydrogens is 158 g/mol. The molecule has 1 heteroatoms. The smallest absolute Gasteiger partial charge is 0.00976 e. The Bertz CT molecular complexity index is 127. The van der Waals surface area contributed by atoms with E-state index in [0.717, 1.165) is 12.0 Å². The molecule has 78 valence electrons. The van der Waals surface area contributed by atoms with Crippen molar-refractivity contribution in [3.8, 4) is 0 Å². The zero-order valence-corrected chi connectivity index (χ0v) is 9.47. The van der Waals surface area contributed by atoms with Crippen LogP contribution in [0, 0.1) is 5.92 Å². The Morgan fingerprint density at radius 1 is 1.31 bits per heavy atom. The lowest BCUT2D eigenvalue weighted by atomic mass is 9.78. The third-order valence-electron chi connectivity index (χ3n) is 3.13. The van der Waals surface area contributed by atoms with E-state index in [1.807, 2.05) is 0 Å². The molecule has 1 nitrogen and oxygen atoms in total. The van der Waals surface area contributed by atoms with Crippen LogP contribution in [0.2, 0.25) is 0 Å². The number of hydrogen-bond acceptors (Lipinski definition) is 1. The maximum absolute atomic E-state index is 3.72. The summed E-state index contributed by atoms with van der Waals surface area (Å²) in [6, 6.07) is 1.47. The summed E-state index contributed by atoms with van der Waals surface area (Å²) in [4.78, 5) is 0. The predicted molar refractivity (Wildman–Crippen MR) is 58.9 cm³/mol. The van der Waals surface area contributed by atoms with E-state index in [-0.39, 0.29) is 0 Å². The van der Waals surface area contributed by atoms with Crippen molar-refractivity contribution in [1.29, 1.82) is 0 Å². The fraction of sp³-hybridized carbons (Fsp3) is 1.00. The first-order valence-electron chi connectivity index (χ1n) is 6.00. The quantitative estimate of drug-likeness (QED) is 0.666. The number of rotatable bonds is 6. The van der Waals surface area contributed by atoms with Crippen LogP contribution in [0.3, 0.4) is 0 Å². The van der Waals surface area contributed by atoms with E-state index in [9.17, 15) is 0 Å².